The third-order valence-electron chi connectivity index (χ3n) is 14.0. The molecule has 5 nitrogen and oxygen atoms in total. The Labute approximate surface area is 372 Å². The number of thiophene rings is 1. The van der Waals surface area contributed by atoms with Gasteiger partial charge in [-0.3, -0.25) is 0 Å². The zero-order chi connectivity index (χ0) is 42.0. The monoisotopic (exact) mass is 840 g/mol. The number of furan rings is 1. The van der Waals surface area contributed by atoms with Crippen LogP contribution in [0.15, 0.2) is 197 Å². The van der Waals surface area contributed by atoms with Crippen LogP contribution in [0.3, 0.4) is 0 Å². The lowest BCUT2D eigenvalue weighted by atomic mass is 9.84. The van der Waals surface area contributed by atoms with Gasteiger partial charge in [0.2, 0.25) is 0 Å². The van der Waals surface area contributed by atoms with Crippen LogP contribution in [0.5, 0.6) is 0 Å². The molecule has 9 aromatic carbocycles. The lowest BCUT2D eigenvalue weighted by Gasteiger charge is -2.39. The maximum atomic E-state index is 6.88. The van der Waals surface area contributed by atoms with Gasteiger partial charge in [0.1, 0.15) is 23.2 Å². The van der Waals surface area contributed by atoms with E-state index in [-0.39, 0.29) is 18.1 Å². The molecule has 0 aliphatic carbocycles. The summed E-state index contributed by atoms with van der Waals surface area (Å²) >= 11 is 1.88. The molecule has 0 fully saturated rings. The van der Waals surface area contributed by atoms with Crippen molar-refractivity contribution in [1.82, 2.24) is 14.5 Å². The first-order valence-electron chi connectivity index (χ1n) is 22.3. The van der Waals surface area contributed by atoms with Crippen molar-refractivity contribution in [3.05, 3.63) is 199 Å². The molecule has 0 saturated carbocycles. The van der Waals surface area contributed by atoms with E-state index >= 15 is 0 Å². The molecule has 5 heterocycles. The minimum Gasteiger partial charge on any atom is -0.456 e. The summed E-state index contributed by atoms with van der Waals surface area (Å²) in [6.07, 6.45) is 0.701. The number of amidine groups is 1. The topological polar surface area (TPSA) is 47.4 Å². The standard InChI is InChI=1S/C58H40N4OS/c1-2-37-56(43-23-15-29-53-54(43)42-22-9-14-28-52(42)64-53)59-57(60-58(37)62-46-25-11-5-18-38(46)39-19-6-12-26-47(39)62)36-32-49(55-41-21-8-13-27-50(41)63-51(55)33-36)61-45-24-10-7-20-40(45)44-30-34-16-3-4-17-35(34)31-48(44)61/h3-33,37,56,58H,2H2,1H3,(H,59,60). The molecule has 0 radical (unpaired) electrons. The van der Waals surface area contributed by atoms with E-state index in [2.05, 4.69) is 209 Å². The van der Waals surface area contributed by atoms with Gasteiger partial charge >= 0.3 is 0 Å². The fourth-order valence-corrected chi connectivity index (χ4v) is 12.4. The maximum absolute atomic E-state index is 6.88. The molecule has 64 heavy (non-hydrogen) atoms. The summed E-state index contributed by atoms with van der Waals surface area (Å²) in [5, 5.41) is 16.4. The molecule has 0 saturated heterocycles. The van der Waals surface area contributed by atoms with Gasteiger partial charge in [-0.15, -0.1) is 11.3 Å². The Morgan fingerprint density at radius 1 is 0.531 bits per heavy atom. The molecule has 14 rings (SSSR count). The number of hydrogen-bond acceptors (Lipinski definition) is 4. The summed E-state index contributed by atoms with van der Waals surface area (Å²) in [5.41, 5.74) is 9.75. The Morgan fingerprint density at radius 3 is 1.92 bits per heavy atom. The number of rotatable bonds is 5. The van der Waals surface area contributed by atoms with Gasteiger partial charge in [-0.1, -0.05) is 134 Å². The van der Waals surface area contributed by atoms with Crippen LogP contribution in [-0.2, 0) is 0 Å². The number of benzene rings is 9. The Kier molecular flexibility index (Phi) is 7.66. The minimum absolute atomic E-state index is 0.0569. The second kappa shape index (κ2) is 13.7. The largest absolute Gasteiger partial charge is 0.456 e. The molecule has 1 aliphatic heterocycles. The summed E-state index contributed by atoms with van der Waals surface area (Å²) in [5.74, 6) is 0.972. The zero-order valence-electron chi connectivity index (χ0n) is 35.0. The quantitative estimate of drug-likeness (QED) is 0.188. The Morgan fingerprint density at radius 2 is 1.16 bits per heavy atom. The highest BCUT2D eigenvalue weighted by atomic mass is 32.1. The van der Waals surface area contributed by atoms with Crippen molar-refractivity contribution in [3.8, 4) is 5.69 Å². The van der Waals surface area contributed by atoms with Crippen molar-refractivity contribution in [3.63, 3.8) is 0 Å². The average molecular weight is 841 g/mol. The number of aromatic nitrogens is 2. The number of nitrogens with zero attached hydrogens (tertiary/aromatic N) is 3. The maximum Gasteiger partial charge on any atom is 0.138 e. The molecule has 0 spiro atoms. The summed E-state index contributed by atoms with van der Waals surface area (Å²) in [6.45, 7) is 2.33. The molecular formula is C58H40N4OS. The first-order valence-corrected chi connectivity index (χ1v) is 23.1. The smallest absolute Gasteiger partial charge is 0.138 e. The summed E-state index contributed by atoms with van der Waals surface area (Å²) in [4.78, 5) is 5.92. The molecule has 1 aliphatic rings. The first kappa shape index (κ1) is 35.9. The van der Waals surface area contributed by atoms with E-state index in [0.717, 1.165) is 56.5 Å². The molecular weight excluding hydrogens is 801 g/mol. The van der Waals surface area contributed by atoms with Gasteiger partial charge < -0.3 is 18.9 Å². The first-order chi connectivity index (χ1) is 31.7. The van der Waals surface area contributed by atoms with Crippen molar-refractivity contribution >= 4 is 114 Å². The van der Waals surface area contributed by atoms with E-state index < -0.39 is 0 Å². The number of hydrogen-bond donors (Lipinski definition) is 1. The molecule has 3 unspecified atom stereocenters. The molecule has 13 aromatic rings. The van der Waals surface area contributed by atoms with E-state index in [9.17, 15) is 0 Å². The van der Waals surface area contributed by atoms with Crippen LogP contribution in [0.2, 0.25) is 0 Å². The van der Waals surface area contributed by atoms with Gasteiger partial charge in [0.15, 0.2) is 0 Å². The third-order valence-corrected chi connectivity index (χ3v) is 15.1. The van der Waals surface area contributed by atoms with E-state index in [0.29, 0.717) is 0 Å². The molecule has 6 heteroatoms. The Bertz CT molecular complexity index is 4030. The Balaban J connectivity index is 1.08. The highest BCUT2D eigenvalue weighted by Gasteiger charge is 2.38. The summed E-state index contributed by atoms with van der Waals surface area (Å²) < 4.78 is 14.5. The van der Waals surface area contributed by atoms with E-state index in [4.69, 9.17) is 9.41 Å². The normalized spacial score (nSPS) is 17.0. The van der Waals surface area contributed by atoms with Gasteiger partial charge in [0.25, 0.3) is 0 Å². The highest BCUT2D eigenvalue weighted by Crippen LogP contribution is 2.48. The number of fused-ring (bicyclic) bond motifs is 13. The molecule has 0 bridgehead atoms. The molecule has 1 N–H and O–H groups in total. The fourth-order valence-electron chi connectivity index (χ4n) is 11.2. The predicted octanol–water partition coefficient (Wildman–Crippen LogP) is 15.6. The predicted molar refractivity (Wildman–Crippen MR) is 270 cm³/mol. The van der Waals surface area contributed by atoms with Crippen LogP contribution in [0.25, 0.3) is 102 Å². The van der Waals surface area contributed by atoms with Gasteiger partial charge in [0.05, 0.1) is 39.2 Å². The molecule has 4 aromatic heterocycles. The molecule has 304 valence electrons. The van der Waals surface area contributed by atoms with E-state index in [1.54, 1.807) is 0 Å². The van der Waals surface area contributed by atoms with E-state index in [1.165, 1.54) is 69.1 Å². The lowest BCUT2D eigenvalue weighted by Crippen LogP contribution is -2.42. The van der Waals surface area contributed by atoms with E-state index in [1.807, 2.05) is 11.3 Å². The fraction of sp³-hybridized carbons (Fsp3) is 0.0862. The second-order valence-electron chi connectivity index (χ2n) is 17.3. The summed E-state index contributed by atoms with van der Waals surface area (Å²) in [7, 11) is 0. The van der Waals surface area contributed by atoms with Crippen LogP contribution >= 0.6 is 11.3 Å². The minimum atomic E-state index is -0.217. The SMILES string of the molecule is CCC1C(c2cccc3sc4ccccc4c23)NC(c2cc(-n3c4ccccc4c4cc5ccccc5cc43)c3c(c2)oc2ccccc23)=NC1n1c2ccccc2c2ccccc21. The lowest BCUT2D eigenvalue weighted by molar-refractivity contribution is 0.260. The van der Waals surface area contributed by atoms with Crippen molar-refractivity contribution in [1.29, 1.82) is 0 Å². The van der Waals surface area contributed by atoms with Crippen LogP contribution in [0, 0.1) is 5.92 Å². The number of aliphatic imine (C=N–C) groups is 1. The van der Waals surface area contributed by atoms with Crippen LogP contribution in [0.1, 0.15) is 36.7 Å². The molecule has 3 atom stereocenters. The zero-order valence-corrected chi connectivity index (χ0v) is 35.8. The second-order valence-corrected chi connectivity index (χ2v) is 18.4. The van der Waals surface area contributed by atoms with Crippen molar-refractivity contribution in [2.45, 2.75) is 25.6 Å². The third kappa shape index (κ3) is 5.08. The van der Waals surface area contributed by atoms with Crippen molar-refractivity contribution in [2.24, 2.45) is 10.9 Å². The molecule has 0 amide bonds. The van der Waals surface area contributed by atoms with Gasteiger partial charge in [-0.25, -0.2) is 4.99 Å². The van der Waals surface area contributed by atoms with Gasteiger partial charge in [0, 0.05) is 58.6 Å². The van der Waals surface area contributed by atoms with Crippen molar-refractivity contribution < 1.29 is 4.42 Å². The average Bonchev–Trinajstić information content (AvgIpc) is 4.10. The van der Waals surface area contributed by atoms with Crippen LogP contribution in [-0.4, -0.2) is 15.0 Å². The highest BCUT2D eigenvalue weighted by molar-refractivity contribution is 7.25. The van der Waals surface area contributed by atoms with Crippen LogP contribution < -0.4 is 5.32 Å². The number of para-hydroxylation sites is 4. The van der Waals surface area contributed by atoms with Gasteiger partial charge in [-0.2, -0.15) is 0 Å². The van der Waals surface area contributed by atoms with Crippen molar-refractivity contribution in [2.75, 3.05) is 0 Å². The van der Waals surface area contributed by atoms with Crippen LogP contribution in [0.4, 0.5) is 0 Å². The summed E-state index contributed by atoms with van der Waals surface area (Å²) in [6, 6.07) is 68.6. The van der Waals surface area contributed by atoms with Gasteiger partial charge in [-0.05, 0) is 83.4 Å². The Hall–Kier alpha value is -7.67. The number of nitrogens with one attached hydrogen (secondary N) is 1.